The molecule has 1 fully saturated rings. The summed E-state index contributed by atoms with van der Waals surface area (Å²) in [4.78, 5) is 5.85. The monoisotopic (exact) mass is 441 g/mol. The average molecular weight is 442 g/mol. The highest BCUT2D eigenvalue weighted by Gasteiger charge is 2.26. The molecule has 2 aromatic carbocycles. The van der Waals surface area contributed by atoms with Crippen LogP contribution in [0, 0.1) is 0 Å². The van der Waals surface area contributed by atoms with Gasteiger partial charge in [-0.1, -0.05) is 36.4 Å². The second-order valence-electron chi connectivity index (χ2n) is 6.79. The van der Waals surface area contributed by atoms with Gasteiger partial charge in [0.2, 0.25) is 10.0 Å². The van der Waals surface area contributed by atoms with Crippen LogP contribution in [-0.4, -0.2) is 43.6 Å². The van der Waals surface area contributed by atoms with Crippen molar-refractivity contribution in [3.63, 3.8) is 0 Å². The van der Waals surface area contributed by atoms with Crippen LogP contribution >= 0.6 is 11.3 Å². The molecule has 0 atom stereocenters. The number of allylic oxidation sites excluding steroid dienone is 1. The maximum absolute atomic E-state index is 12.8. The van der Waals surface area contributed by atoms with Crippen LogP contribution in [0.4, 0.5) is 5.69 Å². The van der Waals surface area contributed by atoms with E-state index in [1.165, 1.54) is 4.31 Å². The summed E-state index contributed by atoms with van der Waals surface area (Å²) >= 11 is 1.55. The SMILES string of the molecule is C=CCn1c(-c2ccccc2)csc1=Nc1ccc(S(=O)(=O)N2CCOCC2)cc1. The topological polar surface area (TPSA) is 63.9 Å². The van der Waals surface area contributed by atoms with Gasteiger partial charge in [0.25, 0.3) is 0 Å². The zero-order valence-corrected chi connectivity index (χ0v) is 18.1. The fraction of sp³-hybridized carbons (Fsp3) is 0.227. The van der Waals surface area contributed by atoms with Gasteiger partial charge in [-0.25, -0.2) is 13.4 Å². The smallest absolute Gasteiger partial charge is 0.243 e. The van der Waals surface area contributed by atoms with Crippen molar-refractivity contribution >= 4 is 27.0 Å². The average Bonchev–Trinajstić information content (AvgIpc) is 3.18. The third-order valence-electron chi connectivity index (χ3n) is 4.85. The number of nitrogens with zero attached hydrogens (tertiary/aromatic N) is 3. The van der Waals surface area contributed by atoms with E-state index in [4.69, 9.17) is 9.73 Å². The summed E-state index contributed by atoms with van der Waals surface area (Å²) in [6, 6.07) is 16.9. The number of benzene rings is 2. The van der Waals surface area contributed by atoms with Gasteiger partial charge in [-0.3, -0.25) is 0 Å². The van der Waals surface area contributed by atoms with E-state index in [-0.39, 0.29) is 4.90 Å². The second-order valence-corrected chi connectivity index (χ2v) is 9.57. The Morgan fingerprint density at radius 1 is 1.07 bits per heavy atom. The molecule has 0 bridgehead atoms. The molecule has 30 heavy (non-hydrogen) atoms. The van der Waals surface area contributed by atoms with Crippen LogP contribution < -0.4 is 4.80 Å². The number of hydrogen-bond donors (Lipinski definition) is 0. The molecule has 156 valence electrons. The van der Waals surface area contributed by atoms with Crippen molar-refractivity contribution in [1.29, 1.82) is 0 Å². The maximum Gasteiger partial charge on any atom is 0.243 e. The number of thiazole rings is 1. The fourth-order valence-corrected chi connectivity index (χ4v) is 5.65. The Kier molecular flexibility index (Phi) is 6.29. The van der Waals surface area contributed by atoms with Gasteiger partial charge in [-0.2, -0.15) is 4.31 Å². The number of ether oxygens (including phenoxy) is 1. The summed E-state index contributed by atoms with van der Waals surface area (Å²) in [5, 5.41) is 2.08. The van der Waals surface area contributed by atoms with Crippen molar-refractivity contribution in [2.45, 2.75) is 11.4 Å². The molecule has 6 nitrogen and oxygen atoms in total. The molecule has 1 aromatic heterocycles. The van der Waals surface area contributed by atoms with Crippen LogP contribution in [0.25, 0.3) is 11.3 Å². The van der Waals surface area contributed by atoms with Gasteiger partial charge in [0.15, 0.2) is 4.80 Å². The third kappa shape index (κ3) is 4.32. The van der Waals surface area contributed by atoms with Gasteiger partial charge in [-0.15, -0.1) is 17.9 Å². The molecular weight excluding hydrogens is 418 g/mol. The van der Waals surface area contributed by atoms with Crippen molar-refractivity contribution in [2.75, 3.05) is 26.3 Å². The van der Waals surface area contributed by atoms with Crippen LogP contribution in [0.3, 0.4) is 0 Å². The van der Waals surface area contributed by atoms with E-state index < -0.39 is 10.0 Å². The van der Waals surface area contributed by atoms with Crippen molar-refractivity contribution < 1.29 is 13.2 Å². The summed E-state index contributed by atoms with van der Waals surface area (Å²) in [6.45, 7) is 6.12. The molecule has 0 amide bonds. The summed E-state index contributed by atoms with van der Waals surface area (Å²) in [5.41, 5.74) is 2.89. The molecule has 0 saturated carbocycles. The van der Waals surface area contributed by atoms with E-state index in [2.05, 4.69) is 28.7 Å². The van der Waals surface area contributed by atoms with Gasteiger partial charge >= 0.3 is 0 Å². The predicted octanol–water partition coefficient (Wildman–Crippen LogP) is 3.66. The van der Waals surface area contributed by atoms with E-state index in [9.17, 15) is 8.42 Å². The Bertz CT molecular complexity index is 1170. The first kappa shape index (κ1) is 20.7. The van der Waals surface area contributed by atoms with E-state index in [0.29, 0.717) is 38.5 Å². The Morgan fingerprint density at radius 2 is 1.77 bits per heavy atom. The molecule has 0 aliphatic carbocycles. The lowest BCUT2D eigenvalue weighted by atomic mass is 10.2. The summed E-state index contributed by atoms with van der Waals surface area (Å²) < 4.78 is 34.4. The standard InChI is InChI=1S/C22H23N3O3S2/c1-2-12-25-21(18-6-4-3-5-7-18)17-29-22(25)23-19-8-10-20(11-9-19)30(26,27)24-13-15-28-16-14-24/h2-11,17H,1,12-16H2. The largest absolute Gasteiger partial charge is 0.379 e. The third-order valence-corrected chi connectivity index (χ3v) is 7.62. The van der Waals surface area contributed by atoms with E-state index in [1.54, 1.807) is 35.6 Å². The summed E-state index contributed by atoms with van der Waals surface area (Å²) in [7, 11) is -3.50. The highest BCUT2D eigenvalue weighted by atomic mass is 32.2. The van der Waals surface area contributed by atoms with Gasteiger partial charge in [0, 0.05) is 25.0 Å². The summed E-state index contributed by atoms with van der Waals surface area (Å²) in [6.07, 6.45) is 1.84. The molecular formula is C22H23N3O3S2. The summed E-state index contributed by atoms with van der Waals surface area (Å²) in [5.74, 6) is 0. The highest BCUT2D eigenvalue weighted by molar-refractivity contribution is 7.89. The number of morpholine rings is 1. The molecule has 1 aliphatic rings. The highest BCUT2D eigenvalue weighted by Crippen LogP contribution is 2.22. The molecule has 0 unspecified atom stereocenters. The number of rotatable bonds is 6. The molecule has 3 aromatic rings. The Hall–Kier alpha value is -2.52. The number of sulfonamides is 1. The predicted molar refractivity (Wildman–Crippen MR) is 119 cm³/mol. The quantitative estimate of drug-likeness (QED) is 0.549. The zero-order chi connectivity index (χ0) is 21.0. The zero-order valence-electron chi connectivity index (χ0n) is 16.5. The molecule has 1 saturated heterocycles. The van der Waals surface area contributed by atoms with E-state index >= 15 is 0 Å². The van der Waals surface area contributed by atoms with Crippen molar-refractivity contribution in [1.82, 2.24) is 8.87 Å². The van der Waals surface area contributed by atoms with Crippen LogP contribution in [-0.2, 0) is 21.3 Å². The second kappa shape index (κ2) is 9.09. The molecule has 4 rings (SSSR count). The van der Waals surface area contributed by atoms with Gasteiger partial charge in [-0.05, 0) is 29.8 Å². The molecule has 0 radical (unpaired) electrons. The van der Waals surface area contributed by atoms with Gasteiger partial charge in [0.1, 0.15) is 0 Å². The van der Waals surface area contributed by atoms with Gasteiger partial charge < -0.3 is 9.30 Å². The minimum absolute atomic E-state index is 0.276. The minimum Gasteiger partial charge on any atom is -0.379 e. The molecule has 1 aliphatic heterocycles. The molecule has 8 heteroatoms. The van der Waals surface area contributed by atoms with E-state index in [0.717, 1.165) is 16.1 Å². The Balaban J connectivity index is 1.66. The Labute approximate surface area is 180 Å². The van der Waals surface area contributed by atoms with Gasteiger partial charge in [0.05, 0.1) is 29.5 Å². The lowest BCUT2D eigenvalue weighted by Crippen LogP contribution is -2.40. The molecule has 0 spiro atoms. The van der Waals surface area contributed by atoms with Crippen LogP contribution in [0.15, 0.2) is 82.5 Å². The molecule has 2 heterocycles. The first-order valence-electron chi connectivity index (χ1n) is 9.67. The lowest BCUT2D eigenvalue weighted by molar-refractivity contribution is 0.0730. The van der Waals surface area contributed by atoms with Crippen LogP contribution in [0.5, 0.6) is 0 Å². The Morgan fingerprint density at radius 3 is 2.43 bits per heavy atom. The minimum atomic E-state index is -3.50. The van der Waals surface area contributed by atoms with Crippen molar-refractivity contribution in [3.05, 3.63) is 77.4 Å². The lowest BCUT2D eigenvalue weighted by Gasteiger charge is -2.26. The van der Waals surface area contributed by atoms with Crippen LogP contribution in [0.1, 0.15) is 0 Å². The van der Waals surface area contributed by atoms with Crippen molar-refractivity contribution in [3.8, 4) is 11.3 Å². The number of hydrogen-bond acceptors (Lipinski definition) is 5. The molecule has 0 N–H and O–H groups in total. The van der Waals surface area contributed by atoms with E-state index in [1.807, 2.05) is 24.3 Å². The number of aromatic nitrogens is 1. The maximum atomic E-state index is 12.8. The first-order valence-corrected chi connectivity index (χ1v) is 12.0. The first-order chi connectivity index (χ1) is 14.6. The van der Waals surface area contributed by atoms with Crippen LogP contribution in [0.2, 0.25) is 0 Å². The van der Waals surface area contributed by atoms with Crippen molar-refractivity contribution in [2.24, 2.45) is 4.99 Å². The fourth-order valence-electron chi connectivity index (χ4n) is 3.30. The normalized spacial score (nSPS) is 15.9.